The van der Waals surface area contributed by atoms with Crippen molar-refractivity contribution in [3.63, 3.8) is 0 Å². The number of benzene rings is 1. The molecule has 1 N–H and O–H groups in total. The smallest absolute Gasteiger partial charge is 0.248 e. The monoisotopic (exact) mass is 376 g/mol. The maximum atomic E-state index is 11.8. The highest BCUT2D eigenvalue weighted by molar-refractivity contribution is 6.03. The van der Waals surface area contributed by atoms with Gasteiger partial charge in [0.1, 0.15) is 18.2 Å². The Morgan fingerprint density at radius 2 is 1.89 bits per heavy atom. The van der Waals surface area contributed by atoms with Crippen LogP contribution in [0.3, 0.4) is 0 Å². The zero-order chi connectivity index (χ0) is 18.9. The molecule has 1 aromatic carbocycles. The lowest BCUT2D eigenvalue weighted by Crippen LogP contribution is -2.31. The molecule has 6 nitrogen and oxygen atoms in total. The maximum Gasteiger partial charge on any atom is 0.248 e. The first-order chi connectivity index (χ1) is 13.8. The molecule has 28 heavy (non-hydrogen) atoms. The van der Waals surface area contributed by atoms with E-state index < -0.39 is 0 Å². The number of likely N-dealkylation sites (tertiary alicyclic amines) is 1. The van der Waals surface area contributed by atoms with Crippen LogP contribution < -0.4 is 10.1 Å². The number of hydrogen-bond acceptors (Lipinski definition) is 5. The fraction of sp³-hybridized carbons (Fsp3) is 0.364. The Labute approximate surface area is 164 Å². The first kappa shape index (κ1) is 17.3. The Kier molecular flexibility index (Phi) is 4.49. The molecule has 0 aromatic heterocycles. The zero-order valence-corrected chi connectivity index (χ0v) is 15.9. The standard InChI is InChI=1S/C22H24N4O2/c27-20-8-5-17-15-23-22(26-12-9-19(24-20)21(17)26)16-3-6-18(7-4-16)28-14-13-25-10-1-2-11-25/h3-8,15H,1-2,9-14H2,(H,24,27). The van der Waals surface area contributed by atoms with Crippen LogP contribution in [0.1, 0.15) is 24.8 Å². The van der Waals surface area contributed by atoms with Crippen molar-refractivity contribution in [2.45, 2.75) is 19.3 Å². The molecule has 6 heteroatoms. The summed E-state index contributed by atoms with van der Waals surface area (Å²) >= 11 is 0. The minimum Gasteiger partial charge on any atom is -0.492 e. The van der Waals surface area contributed by atoms with Gasteiger partial charge in [0.05, 0.1) is 5.70 Å². The van der Waals surface area contributed by atoms with Crippen molar-refractivity contribution in [3.8, 4) is 5.75 Å². The summed E-state index contributed by atoms with van der Waals surface area (Å²) in [6.07, 6.45) is 8.69. The number of allylic oxidation sites excluding steroid dienone is 1. The number of carbonyl (C=O) groups is 1. The van der Waals surface area contributed by atoms with E-state index in [-0.39, 0.29) is 5.91 Å². The van der Waals surface area contributed by atoms with Gasteiger partial charge in [0.25, 0.3) is 0 Å². The van der Waals surface area contributed by atoms with Crippen LogP contribution in [0, 0.1) is 0 Å². The molecule has 0 spiro atoms. The van der Waals surface area contributed by atoms with E-state index in [0.717, 1.165) is 60.2 Å². The number of rotatable bonds is 5. The van der Waals surface area contributed by atoms with Gasteiger partial charge in [-0.15, -0.1) is 0 Å². The number of amidine groups is 1. The molecular weight excluding hydrogens is 352 g/mol. The third kappa shape index (κ3) is 3.24. The third-order valence-electron chi connectivity index (χ3n) is 5.67. The molecule has 144 valence electrons. The van der Waals surface area contributed by atoms with E-state index in [1.807, 2.05) is 24.4 Å². The molecule has 5 rings (SSSR count). The Hall–Kier alpha value is -2.86. The van der Waals surface area contributed by atoms with Gasteiger partial charge in [-0.1, -0.05) is 0 Å². The lowest BCUT2D eigenvalue weighted by Gasteiger charge is -2.27. The summed E-state index contributed by atoms with van der Waals surface area (Å²) in [5, 5.41) is 2.99. The van der Waals surface area contributed by atoms with E-state index in [1.54, 1.807) is 6.08 Å². The number of nitrogens with zero attached hydrogens (tertiary/aromatic N) is 3. The van der Waals surface area contributed by atoms with Crippen LogP contribution >= 0.6 is 0 Å². The summed E-state index contributed by atoms with van der Waals surface area (Å²) in [6.45, 7) is 4.93. The van der Waals surface area contributed by atoms with Crippen molar-refractivity contribution in [2.75, 3.05) is 32.8 Å². The summed E-state index contributed by atoms with van der Waals surface area (Å²) in [6, 6.07) is 8.15. The molecule has 4 heterocycles. The number of ether oxygens (including phenoxy) is 1. The predicted molar refractivity (Wildman–Crippen MR) is 108 cm³/mol. The normalized spacial score (nSPS) is 21.3. The molecule has 0 aliphatic carbocycles. The minimum absolute atomic E-state index is 0.0726. The van der Waals surface area contributed by atoms with Gasteiger partial charge in [-0.3, -0.25) is 9.69 Å². The molecule has 1 fully saturated rings. The Morgan fingerprint density at radius 1 is 1.07 bits per heavy atom. The van der Waals surface area contributed by atoms with E-state index in [0.29, 0.717) is 0 Å². The summed E-state index contributed by atoms with van der Waals surface area (Å²) < 4.78 is 5.91. The highest BCUT2D eigenvalue weighted by Gasteiger charge is 2.32. The average Bonchev–Trinajstić information content (AvgIpc) is 3.34. The van der Waals surface area contributed by atoms with Gasteiger partial charge in [0, 0.05) is 48.6 Å². The van der Waals surface area contributed by atoms with Crippen LogP contribution in [-0.4, -0.2) is 54.3 Å². The van der Waals surface area contributed by atoms with Gasteiger partial charge in [0.2, 0.25) is 5.91 Å². The molecular formula is C22H24N4O2. The summed E-state index contributed by atoms with van der Waals surface area (Å²) in [7, 11) is 0. The van der Waals surface area contributed by atoms with E-state index in [4.69, 9.17) is 4.74 Å². The first-order valence-electron chi connectivity index (χ1n) is 10.0. The Bertz CT molecular complexity index is 905. The average molecular weight is 376 g/mol. The Balaban J connectivity index is 1.30. The number of hydrogen-bond donors (Lipinski definition) is 1. The van der Waals surface area contributed by atoms with Crippen LogP contribution in [0.4, 0.5) is 0 Å². The molecule has 0 unspecified atom stereocenters. The maximum absolute atomic E-state index is 11.8. The molecule has 0 radical (unpaired) electrons. The zero-order valence-electron chi connectivity index (χ0n) is 15.9. The van der Waals surface area contributed by atoms with Gasteiger partial charge in [-0.05, 0) is 56.3 Å². The predicted octanol–water partition coefficient (Wildman–Crippen LogP) is 2.41. The van der Waals surface area contributed by atoms with Gasteiger partial charge in [-0.2, -0.15) is 0 Å². The SMILES string of the molecule is O=C1C=CC2=CN=C(c3ccc(OCCN4CCCC4)cc3)N3CCC(=C23)N1. The second-order valence-corrected chi connectivity index (χ2v) is 7.51. The molecule has 0 bridgehead atoms. The van der Waals surface area contributed by atoms with Crippen LogP contribution in [0.5, 0.6) is 5.75 Å². The van der Waals surface area contributed by atoms with E-state index in [1.165, 1.54) is 25.9 Å². The van der Waals surface area contributed by atoms with Crippen molar-refractivity contribution < 1.29 is 9.53 Å². The summed E-state index contributed by atoms with van der Waals surface area (Å²) in [5.41, 5.74) is 4.08. The number of aliphatic imine (C=N–C) groups is 1. The molecule has 1 aromatic rings. The minimum atomic E-state index is -0.0726. The highest BCUT2D eigenvalue weighted by atomic mass is 16.5. The van der Waals surface area contributed by atoms with E-state index >= 15 is 0 Å². The topological polar surface area (TPSA) is 57.2 Å². The second-order valence-electron chi connectivity index (χ2n) is 7.51. The third-order valence-corrected chi connectivity index (χ3v) is 5.67. The molecule has 4 aliphatic rings. The summed E-state index contributed by atoms with van der Waals surface area (Å²) in [5.74, 6) is 1.74. The number of carbonyl (C=O) groups excluding carboxylic acids is 1. The van der Waals surface area contributed by atoms with Gasteiger partial charge < -0.3 is 15.0 Å². The van der Waals surface area contributed by atoms with Crippen molar-refractivity contribution in [3.05, 3.63) is 65.1 Å². The van der Waals surface area contributed by atoms with Gasteiger partial charge in [-0.25, -0.2) is 4.99 Å². The van der Waals surface area contributed by atoms with Crippen molar-refractivity contribution in [2.24, 2.45) is 4.99 Å². The largest absolute Gasteiger partial charge is 0.492 e. The van der Waals surface area contributed by atoms with Crippen LogP contribution in [0.25, 0.3) is 0 Å². The van der Waals surface area contributed by atoms with Crippen LogP contribution in [-0.2, 0) is 4.79 Å². The first-order valence-corrected chi connectivity index (χ1v) is 10.0. The second kappa shape index (κ2) is 7.28. The van der Waals surface area contributed by atoms with E-state index in [9.17, 15) is 4.79 Å². The van der Waals surface area contributed by atoms with Crippen LogP contribution in [0.2, 0.25) is 0 Å². The number of nitrogens with one attached hydrogen (secondary N) is 1. The van der Waals surface area contributed by atoms with Crippen molar-refractivity contribution in [1.82, 2.24) is 15.1 Å². The van der Waals surface area contributed by atoms with E-state index in [2.05, 4.69) is 32.2 Å². The van der Waals surface area contributed by atoms with Crippen LogP contribution in [0.15, 0.2) is 64.6 Å². The van der Waals surface area contributed by atoms with Crippen molar-refractivity contribution >= 4 is 11.7 Å². The lowest BCUT2D eigenvalue weighted by molar-refractivity contribution is -0.115. The lowest BCUT2D eigenvalue weighted by atomic mass is 10.1. The fourth-order valence-electron chi connectivity index (χ4n) is 4.25. The van der Waals surface area contributed by atoms with Gasteiger partial charge >= 0.3 is 0 Å². The summed E-state index contributed by atoms with van der Waals surface area (Å²) in [4.78, 5) is 21.2. The molecule has 1 amide bonds. The molecule has 1 saturated heterocycles. The van der Waals surface area contributed by atoms with Gasteiger partial charge in [0.15, 0.2) is 0 Å². The number of amides is 1. The molecule has 4 aliphatic heterocycles. The molecule has 0 saturated carbocycles. The molecule has 0 atom stereocenters. The quantitative estimate of drug-likeness (QED) is 0.857. The Morgan fingerprint density at radius 3 is 2.71 bits per heavy atom. The highest BCUT2D eigenvalue weighted by Crippen LogP contribution is 2.34. The fourth-order valence-corrected chi connectivity index (χ4v) is 4.25. The van der Waals surface area contributed by atoms with Crippen molar-refractivity contribution in [1.29, 1.82) is 0 Å².